The number of amides is 3. The number of likely N-dealkylation sites (tertiary alicyclic amines) is 1. The number of carbonyl (C=O) groups excluding carboxylic acids is 3. The number of carbonyl (C=O) groups is 3. The van der Waals surface area contributed by atoms with Crippen LogP contribution in [0.3, 0.4) is 0 Å². The Labute approximate surface area is 250 Å². The van der Waals surface area contributed by atoms with Crippen LogP contribution in [0.15, 0.2) is 18.2 Å². The van der Waals surface area contributed by atoms with E-state index < -0.39 is 23.0 Å². The number of nitrogens with zero attached hydrogens (tertiary/aromatic N) is 2. The molecule has 3 amide bonds. The number of urea groups is 1. The molecular weight excluding hydrogens is 537 g/mol. The Morgan fingerprint density at radius 2 is 1.67 bits per heavy atom. The molecule has 3 aliphatic heterocycles. The lowest BCUT2D eigenvalue weighted by Gasteiger charge is -2.46. The highest BCUT2D eigenvalue weighted by atomic mass is 19.1. The number of hydrogen-bond acceptors (Lipinski definition) is 6. The van der Waals surface area contributed by atoms with Crippen molar-refractivity contribution in [3.05, 3.63) is 29.6 Å². The highest BCUT2D eigenvalue weighted by Crippen LogP contribution is 2.50. The molecular formula is C33H50FN3O5. The summed E-state index contributed by atoms with van der Waals surface area (Å²) in [4.78, 5) is 42.5. The molecule has 3 heterocycles. The zero-order chi connectivity index (χ0) is 30.2. The van der Waals surface area contributed by atoms with Crippen LogP contribution in [-0.4, -0.2) is 65.6 Å². The molecule has 1 aromatic rings. The molecule has 234 valence electrons. The van der Waals surface area contributed by atoms with Crippen LogP contribution in [0.1, 0.15) is 116 Å². The number of imide groups is 1. The van der Waals surface area contributed by atoms with Crippen molar-refractivity contribution in [2.75, 3.05) is 26.2 Å². The normalized spacial score (nSPS) is 22.2. The minimum Gasteiger partial charge on any atom is -0.487 e. The zero-order valence-corrected chi connectivity index (χ0v) is 25.9. The predicted octanol–water partition coefficient (Wildman–Crippen LogP) is 6.45. The van der Waals surface area contributed by atoms with E-state index in [2.05, 4.69) is 24.1 Å². The van der Waals surface area contributed by atoms with Crippen LogP contribution >= 0.6 is 0 Å². The van der Waals surface area contributed by atoms with Crippen LogP contribution in [0.2, 0.25) is 0 Å². The van der Waals surface area contributed by atoms with Crippen molar-refractivity contribution in [1.29, 1.82) is 0 Å². The lowest BCUT2D eigenvalue weighted by atomic mass is 9.72. The number of halogens is 1. The summed E-state index contributed by atoms with van der Waals surface area (Å²) in [6.45, 7) is 8.46. The van der Waals surface area contributed by atoms with Crippen molar-refractivity contribution in [2.45, 2.75) is 128 Å². The molecule has 0 saturated carbocycles. The van der Waals surface area contributed by atoms with Gasteiger partial charge in [0.2, 0.25) is 0 Å². The van der Waals surface area contributed by atoms with Gasteiger partial charge in [-0.15, -0.1) is 0 Å². The maximum atomic E-state index is 14.6. The van der Waals surface area contributed by atoms with Gasteiger partial charge in [0, 0.05) is 38.5 Å². The van der Waals surface area contributed by atoms with Crippen molar-refractivity contribution in [1.82, 2.24) is 15.1 Å². The molecule has 4 rings (SSSR count). The highest BCUT2D eigenvalue weighted by molar-refractivity contribution is 6.08. The van der Waals surface area contributed by atoms with E-state index in [9.17, 15) is 18.8 Å². The fraction of sp³-hybridized carbons (Fsp3) is 0.727. The van der Waals surface area contributed by atoms with Crippen LogP contribution < -0.4 is 10.1 Å². The molecule has 2 fully saturated rings. The number of nitrogens with one attached hydrogen (secondary N) is 1. The minimum atomic E-state index is -1.33. The summed E-state index contributed by atoms with van der Waals surface area (Å²) >= 11 is 0. The standard InChI is InChI=1S/C33H50FN3O5/c1-4-6-8-10-17-32(18-11-9-7-5-2)24-33(28-23-26(34)13-14-29(28)42-32)30(39)37(31(40)35-33)20-12-19-36-21-15-27(16-22-36)41-25(3)38/h13-14,23,27H,4-12,15-22,24H2,1-3H3,(H,35,40). The third-order valence-corrected chi connectivity index (χ3v) is 9.19. The van der Waals surface area contributed by atoms with E-state index in [-0.39, 0.29) is 18.0 Å². The van der Waals surface area contributed by atoms with Gasteiger partial charge in [0.25, 0.3) is 5.91 Å². The number of hydrogen-bond donors (Lipinski definition) is 1. The minimum absolute atomic E-state index is 0.0391. The number of unbranched alkanes of at least 4 members (excludes halogenated alkanes) is 6. The third kappa shape index (κ3) is 7.63. The molecule has 0 aromatic heterocycles. The van der Waals surface area contributed by atoms with Crippen LogP contribution in [0.5, 0.6) is 5.75 Å². The van der Waals surface area contributed by atoms with Crippen molar-refractivity contribution < 1.29 is 28.2 Å². The molecule has 9 heteroatoms. The van der Waals surface area contributed by atoms with Gasteiger partial charge >= 0.3 is 12.0 Å². The van der Waals surface area contributed by atoms with Gasteiger partial charge in [0.1, 0.15) is 23.3 Å². The monoisotopic (exact) mass is 587 g/mol. The SMILES string of the molecule is CCCCCCC1(CCCCCC)CC2(NC(=O)N(CCCN3CCC(OC(C)=O)CC3)C2=O)c2cc(F)ccc2O1. The largest absolute Gasteiger partial charge is 0.487 e. The Bertz CT molecular complexity index is 1080. The summed E-state index contributed by atoms with van der Waals surface area (Å²) in [7, 11) is 0. The first-order valence-electron chi connectivity index (χ1n) is 16.2. The van der Waals surface area contributed by atoms with E-state index in [0.717, 1.165) is 96.7 Å². The summed E-state index contributed by atoms with van der Waals surface area (Å²) < 4.78 is 26.6. The Balaban J connectivity index is 1.49. The molecule has 1 atom stereocenters. The molecule has 0 bridgehead atoms. The average molecular weight is 588 g/mol. The Hall–Kier alpha value is -2.68. The van der Waals surface area contributed by atoms with Crippen LogP contribution in [0, 0.1) is 5.82 Å². The van der Waals surface area contributed by atoms with Crippen LogP contribution in [0.25, 0.3) is 0 Å². The number of esters is 1. The lowest BCUT2D eigenvalue weighted by molar-refractivity contribution is -0.148. The summed E-state index contributed by atoms with van der Waals surface area (Å²) in [5.74, 6) is -0.503. The molecule has 2 saturated heterocycles. The molecule has 0 radical (unpaired) electrons. The van der Waals surface area contributed by atoms with E-state index in [4.69, 9.17) is 9.47 Å². The molecule has 0 aliphatic carbocycles. The van der Waals surface area contributed by atoms with Gasteiger partial charge in [-0.05, 0) is 69.7 Å². The summed E-state index contributed by atoms with van der Waals surface area (Å²) in [6, 6.07) is 3.94. The smallest absolute Gasteiger partial charge is 0.325 e. The number of fused-ring (bicyclic) bond motifs is 2. The number of piperidine rings is 1. The molecule has 1 unspecified atom stereocenters. The topological polar surface area (TPSA) is 88.2 Å². The zero-order valence-electron chi connectivity index (χ0n) is 25.9. The van der Waals surface area contributed by atoms with Gasteiger partial charge < -0.3 is 19.7 Å². The van der Waals surface area contributed by atoms with Crippen molar-refractivity contribution >= 4 is 17.9 Å². The Kier molecular flexibility index (Phi) is 11.3. The van der Waals surface area contributed by atoms with Gasteiger partial charge in [-0.25, -0.2) is 9.18 Å². The number of ether oxygens (including phenoxy) is 2. The first-order chi connectivity index (χ1) is 20.2. The fourth-order valence-corrected chi connectivity index (χ4v) is 6.99. The van der Waals surface area contributed by atoms with E-state index in [1.165, 1.54) is 24.0 Å². The fourth-order valence-electron chi connectivity index (χ4n) is 6.99. The second-order valence-electron chi connectivity index (χ2n) is 12.5. The molecule has 3 aliphatic rings. The van der Waals surface area contributed by atoms with Gasteiger partial charge in [-0.2, -0.15) is 0 Å². The average Bonchev–Trinajstić information content (AvgIpc) is 3.19. The Morgan fingerprint density at radius 1 is 1.00 bits per heavy atom. The summed E-state index contributed by atoms with van der Waals surface area (Å²) in [5, 5.41) is 3.05. The molecule has 1 N–H and O–H groups in total. The summed E-state index contributed by atoms with van der Waals surface area (Å²) in [6.07, 6.45) is 12.8. The Morgan fingerprint density at radius 3 is 2.29 bits per heavy atom. The second kappa shape index (κ2) is 14.7. The quantitative estimate of drug-likeness (QED) is 0.144. The first-order valence-corrected chi connectivity index (χ1v) is 16.2. The van der Waals surface area contributed by atoms with Crippen molar-refractivity contribution in [3.8, 4) is 5.75 Å². The maximum Gasteiger partial charge on any atom is 0.325 e. The molecule has 8 nitrogen and oxygen atoms in total. The van der Waals surface area contributed by atoms with Gasteiger partial charge in [-0.1, -0.05) is 52.4 Å². The second-order valence-corrected chi connectivity index (χ2v) is 12.5. The van der Waals surface area contributed by atoms with E-state index in [1.54, 1.807) is 6.07 Å². The van der Waals surface area contributed by atoms with Crippen molar-refractivity contribution in [2.24, 2.45) is 0 Å². The number of benzene rings is 1. The van der Waals surface area contributed by atoms with Gasteiger partial charge in [0.05, 0.1) is 0 Å². The first kappa shape index (κ1) is 32.2. The van der Waals surface area contributed by atoms with Gasteiger partial charge in [0.15, 0.2) is 5.54 Å². The lowest BCUT2D eigenvalue weighted by Crippen LogP contribution is -2.56. The molecule has 1 aromatic carbocycles. The van der Waals surface area contributed by atoms with Crippen molar-refractivity contribution in [3.63, 3.8) is 0 Å². The predicted molar refractivity (Wildman–Crippen MR) is 160 cm³/mol. The van der Waals surface area contributed by atoms with Gasteiger partial charge in [-0.3, -0.25) is 14.5 Å². The van der Waals surface area contributed by atoms with Crippen LogP contribution in [-0.2, 0) is 19.9 Å². The van der Waals surface area contributed by atoms with E-state index in [1.807, 2.05) is 0 Å². The number of rotatable bonds is 15. The maximum absolute atomic E-state index is 14.6. The van der Waals surface area contributed by atoms with Crippen LogP contribution in [0.4, 0.5) is 9.18 Å². The molecule has 1 spiro atoms. The van der Waals surface area contributed by atoms with E-state index >= 15 is 0 Å². The highest BCUT2D eigenvalue weighted by Gasteiger charge is 2.60. The van der Waals surface area contributed by atoms with E-state index in [0.29, 0.717) is 30.7 Å². The molecule has 42 heavy (non-hydrogen) atoms. The summed E-state index contributed by atoms with van der Waals surface area (Å²) in [5.41, 5.74) is -1.50. The third-order valence-electron chi connectivity index (χ3n) is 9.19.